The summed E-state index contributed by atoms with van der Waals surface area (Å²) in [5.41, 5.74) is 1.79. The molecule has 4 rings (SSSR count). The van der Waals surface area contributed by atoms with Crippen molar-refractivity contribution in [3.05, 3.63) is 83.2 Å². The lowest BCUT2D eigenvalue weighted by atomic mass is 10.0. The fourth-order valence-corrected chi connectivity index (χ4v) is 5.17. The lowest BCUT2D eigenvalue weighted by molar-refractivity contribution is 0.0696. The molecule has 0 amide bonds. The summed E-state index contributed by atoms with van der Waals surface area (Å²) in [7, 11) is -4.14. The number of hydrogen-bond acceptors (Lipinski definition) is 5. The molecule has 1 aromatic heterocycles. The Bertz CT molecular complexity index is 1360. The molecule has 1 heterocycles. The predicted molar refractivity (Wildman–Crippen MR) is 124 cm³/mol. The summed E-state index contributed by atoms with van der Waals surface area (Å²) in [5, 5.41) is 22.2. The molecule has 3 aromatic carbocycles. The average Bonchev–Trinajstić information content (AvgIpc) is 3.27. The van der Waals surface area contributed by atoms with E-state index in [2.05, 4.69) is 29.6 Å². The number of primary sulfonamides is 1. The summed E-state index contributed by atoms with van der Waals surface area (Å²) in [4.78, 5) is 12.1. The van der Waals surface area contributed by atoms with Crippen LogP contribution in [-0.2, 0) is 16.4 Å². The van der Waals surface area contributed by atoms with Gasteiger partial charge in [-0.25, -0.2) is 18.4 Å². The van der Waals surface area contributed by atoms with Gasteiger partial charge in [0.1, 0.15) is 0 Å². The Morgan fingerprint density at radius 1 is 1.00 bits per heavy atom. The molecule has 0 saturated heterocycles. The number of nitrogens with one attached hydrogen (secondary N) is 1. The van der Waals surface area contributed by atoms with E-state index in [0.29, 0.717) is 29.1 Å². The average molecular weight is 453 g/mol. The van der Waals surface area contributed by atoms with E-state index in [1.165, 1.54) is 17.4 Å². The fraction of sp³-hybridized carbons (Fsp3) is 0.0870. The molecule has 4 aromatic rings. The van der Waals surface area contributed by atoms with Crippen molar-refractivity contribution in [2.75, 3.05) is 11.9 Å². The van der Waals surface area contributed by atoms with E-state index in [9.17, 15) is 18.3 Å². The molecule has 8 heteroatoms. The number of carboxylic acid groups (broad SMARTS) is 1. The van der Waals surface area contributed by atoms with Crippen molar-refractivity contribution < 1.29 is 18.3 Å². The number of carbonyl (C=O) groups is 1. The molecular weight excluding hydrogens is 432 g/mol. The number of carboxylic acids is 1. The molecule has 0 bridgehead atoms. The summed E-state index contributed by atoms with van der Waals surface area (Å²) in [6, 6.07) is 20.5. The lowest BCUT2D eigenvalue weighted by Crippen LogP contribution is -2.16. The first-order valence-corrected chi connectivity index (χ1v) is 11.9. The Morgan fingerprint density at radius 3 is 2.45 bits per heavy atom. The van der Waals surface area contributed by atoms with Gasteiger partial charge in [0, 0.05) is 22.7 Å². The normalized spacial score (nSPS) is 11.5. The van der Waals surface area contributed by atoms with Crippen LogP contribution in [0.3, 0.4) is 0 Å². The van der Waals surface area contributed by atoms with Gasteiger partial charge in [-0.05, 0) is 46.3 Å². The van der Waals surface area contributed by atoms with Crippen LogP contribution in [0.2, 0.25) is 0 Å². The van der Waals surface area contributed by atoms with Crippen molar-refractivity contribution in [1.29, 1.82) is 0 Å². The third kappa shape index (κ3) is 4.61. The number of nitrogens with two attached hydrogens (primary N) is 1. The summed E-state index contributed by atoms with van der Waals surface area (Å²) in [6.45, 7) is 0.490. The molecule has 158 valence electrons. The highest BCUT2D eigenvalue weighted by Crippen LogP contribution is 2.38. The number of aromatic carboxylic acids is 1. The molecule has 6 nitrogen and oxygen atoms in total. The van der Waals surface area contributed by atoms with Crippen molar-refractivity contribution in [3.63, 3.8) is 0 Å². The molecule has 0 spiro atoms. The Morgan fingerprint density at radius 2 is 1.77 bits per heavy atom. The molecule has 0 fully saturated rings. The smallest absolute Gasteiger partial charge is 0.335 e. The SMILES string of the molecule is NS(=O)(=O)c1cc(C(=O)O)cc(NCCc2ccc3ccccc3c2)c1-c1cccs1. The zero-order valence-electron chi connectivity index (χ0n) is 16.4. The van der Waals surface area contributed by atoms with Crippen LogP contribution in [-0.4, -0.2) is 26.0 Å². The summed E-state index contributed by atoms with van der Waals surface area (Å²) < 4.78 is 24.5. The van der Waals surface area contributed by atoms with E-state index in [4.69, 9.17) is 5.14 Å². The number of benzene rings is 3. The topological polar surface area (TPSA) is 109 Å². The molecule has 31 heavy (non-hydrogen) atoms. The monoisotopic (exact) mass is 452 g/mol. The van der Waals surface area contributed by atoms with Crippen molar-refractivity contribution in [1.82, 2.24) is 0 Å². The molecule has 0 atom stereocenters. The Balaban J connectivity index is 1.69. The fourth-order valence-electron chi connectivity index (χ4n) is 3.51. The van der Waals surface area contributed by atoms with E-state index in [1.807, 2.05) is 23.6 Å². The van der Waals surface area contributed by atoms with E-state index in [0.717, 1.165) is 22.4 Å². The Kier molecular flexibility index (Phi) is 5.77. The van der Waals surface area contributed by atoms with Gasteiger partial charge in [0.2, 0.25) is 10.0 Å². The molecule has 0 unspecified atom stereocenters. The van der Waals surface area contributed by atoms with E-state index >= 15 is 0 Å². The van der Waals surface area contributed by atoms with Crippen LogP contribution in [0.15, 0.2) is 77.0 Å². The van der Waals surface area contributed by atoms with Crippen LogP contribution in [0.1, 0.15) is 15.9 Å². The van der Waals surface area contributed by atoms with Crippen molar-refractivity contribution >= 4 is 43.8 Å². The molecule has 0 aliphatic heterocycles. The minimum absolute atomic E-state index is 0.141. The van der Waals surface area contributed by atoms with Crippen molar-refractivity contribution in [2.45, 2.75) is 11.3 Å². The van der Waals surface area contributed by atoms with Gasteiger partial charge in [-0.1, -0.05) is 48.5 Å². The Labute approximate surface area is 184 Å². The maximum absolute atomic E-state index is 12.3. The number of hydrogen-bond donors (Lipinski definition) is 3. The summed E-state index contributed by atoms with van der Waals surface area (Å²) >= 11 is 1.36. The zero-order chi connectivity index (χ0) is 22.0. The first-order valence-electron chi connectivity index (χ1n) is 9.52. The van der Waals surface area contributed by atoms with Crippen LogP contribution >= 0.6 is 11.3 Å². The second kappa shape index (κ2) is 8.50. The van der Waals surface area contributed by atoms with Crippen LogP contribution in [0.4, 0.5) is 5.69 Å². The van der Waals surface area contributed by atoms with Crippen LogP contribution in [0.25, 0.3) is 21.2 Å². The molecule has 0 saturated carbocycles. The third-order valence-corrected chi connectivity index (χ3v) is 6.79. The quantitative estimate of drug-likeness (QED) is 0.381. The first-order chi connectivity index (χ1) is 14.8. The lowest BCUT2D eigenvalue weighted by Gasteiger charge is -2.16. The third-order valence-electron chi connectivity index (χ3n) is 4.97. The minimum Gasteiger partial charge on any atom is -0.478 e. The van der Waals surface area contributed by atoms with Gasteiger partial charge in [0.05, 0.1) is 10.5 Å². The molecular formula is C23H20N2O4S2. The highest BCUT2D eigenvalue weighted by molar-refractivity contribution is 7.89. The standard InChI is InChI=1S/C23H20N2O4S2/c24-31(28,29)21-14-18(23(26)27)13-19(22(21)20-6-3-11-30-20)25-10-9-15-7-8-16-4-1-2-5-17(16)12-15/h1-8,11-14,25H,9-10H2,(H,26,27)(H2,24,28,29). The van der Waals surface area contributed by atoms with E-state index < -0.39 is 16.0 Å². The van der Waals surface area contributed by atoms with Gasteiger partial charge in [0.25, 0.3) is 0 Å². The van der Waals surface area contributed by atoms with Gasteiger partial charge in [-0.2, -0.15) is 0 Å². The molecule has 4 N–H and O–H groups in total. The van der Waals surface area contributed by atoms with Crippen LogP contribution in [0.5, 0.6) is 0 Å². The predicted octanol–water partition coefficient (Wildman–Crippen LogP) is 4.57. The Hall–Kier alpha value is -3.20. The largest absolute Gasteiger partial charge is 0.478 e. The van der Waals surface area contributed by atoms with Gasteiger partial charge < -0.3 is 10.4 Å². The van der Waals surface area contributed by atoms with Crippen LogP contribution < -0.4 is 10.5 Å². The molecule has 0 radical (unpaired) electrons. The van der Waals surface area contributed by atoms with Gasteiger partial charge in [0.15, 0.2) is 0 Å². The van der Waals surface area contributed by atoms with Crippen molar-refractivity contribution in [3.8, 4) is 10.4 Å². The van der Waals surface area contributed by atoms with Crippen LogP contribution in [0, 0.1) is 0 Å². The number of fused-ring (bicyclic) bond motifs is 1. The summed E-state index contributed by atoms with van der Waals surface area (Å²) in [6.07, 6.45) is 0.677. The first kappa shape index (κ1) is 21.0. The van der Waals surface area contributed by atoms with E-state index in [1.54, 1.807) is 12.1 Å². The molecule has 0 aliphatic rings. The minimum atomic E-state index is -4.14. The second-order valence-electron chi connectivity index (χ2n) is 7.08. The zero-order valence-corrected chi connectivity index (χ0v) is 18.0. The second-order valence-corrected chi connectivity index (χ2v) is 9.56. The highest BCUT2D eigenvalue weighted by Gasteiger charge is 2.23. The van der Waals surface area contributed by atoms with Gasteiger partial charge in [-0.15, -0.1) is 11.3 Å². The maximum atomic E-state index is 12.3. The highest BCUT2D eigenvalue weighted by atomic mass is 32.2. The van der Waals surface area contributed by atoms with Crippen molar-refractivity contribution in [2.24, 2.45) is 5.14 Å². The number of anilines is 1. The number of sulfonamides is 1. The van der Waals surface area contributed by atoms with Gasteiger partial charge >= 0.3 is 5.97 Å². The number of thiophene rings is 1. The maximum Gasteiger partial charge on any atom is 0.335 e. The molecule has 0 aliphatic carbocycles. The van der Waals surface area contributed by atoms with Gasteiger partial charge in [-0.3, -0.25) is 0 Å². The van der Waals surface area contributed by atoms with E-state index in [-0.39, 0.29) is 10.5 Å². The number of rotatable bonds is 7. The summed E-state index contributed by atoms with van der Waals surface area (Å²) in [5.74, 6) is -1.22.